The Labute approximate surface area is 135 Å². The van der Waals surface area contributed by atoms with Crippen molar-refractivity contribution in [2.24, 2.45) is 0 Å². The monoisotopic (exact) mass is 321 g/mol. The predicted octanol–water partition coefficient (Wildman–Crippen LogP) is 1.61. The van der Waals surface area contributed by atoms with Gasteiger partial charge in [-0.25, -0.2) is 0 Å². The second-order valence-corrected chi connectivity index (χ2v) is 6.53. The maximum atomic E-state index is 11.4. The van der Waals surface area contributed by atoms with Crippen molar-refractivity contribution in [3.05, 3.63) is 33.9 Å². The van der Waals surface area contributed by atoms with Crippen LogP contribution in [0.1, 0.15) is 33.3 Å². The molecule has 0 bridgehead atoms. The van der Waals surface area contributed by atoms with Gasteiger partial charge in [0.25, 0.3) is 5.69 Å². The minimum absolute atomic E-state index is 0.0509. The van der Waals surface area contributed by atoms with E-state index in [2.05, 4.69) is 4.74 Å². The number of methoxy groups -OCH3 is 1. The summed E-state index contributed by atoms with van der Waals surface area (Å²) < 4.78 is 16.4. The first-order valence-electron chi connectivity index (χ1n) is 7.26. The molecule has 124 valence electrons. The van der Waals surface area contributed by atoms with Crippen LogP contribution in [0.2, 0.25) is 0 Å². The maximum absolute atomic E-state index is 11.4. The number of rotatable bonds is 4. The molecule has 1 aliphatic rings. The van der Waals surface area contributed by atoms with E-state index in [4.69, 9.17) is 9.31 Å². The van der Waals surface area contributed by atoms with Gasteiger partial charge in [-0.15, -0.1) is 0 Å². The van der Waals surface area contributed by atoms with Gasteiger partial charge >= 0.3 is 13.1 Å². The Morgan fingerprint density at radius 2 is 1.78 bits per heavy atom. The number of carbonyl (C=O) groups is 1. The molecule has 1 saturated heterocycles. The zero-order valence-corrected chi connectivity index (χ0v) is 13.9. The Kier molecular flexibility index (Phi) is 4.50. The van der Waals surface area contributed by atoms with E-state index in [1.807, 2.05) is 27.7 Å². The third kappa shape index (κ3) is 3.53. The van der Waals surface area contributed by atoms with Gasteiger partial charge < -0.3 is 14.0 Å². The molecule has 0 spiro atoms. The normalized spacial score (nSPS) is 18.7. The average molecular weight is 321 g/mol. The summed E-state index contributed by atoms with van der Waals surface area (Å²) in [4.78, 5) is 22.1. The summed E-state index contributed by atoms with van der Waals surface area (Å²) >= 11 is 0. The molecular weight excluding hydrogens is 301 g/mol. The van der Waals surface area contributed by atoms with Crippen molar-refractivity contribution in [1.29, 1.82) is 0 Å². The third-order valence-corrected chi connectivity index (χ3v) is 4.31. The maximum Gasteiger partial charge on any atom is 0.495 e. The number of hydrogen-bond acceptors (Lipinski definition) is 6. The summed E-state index contributed by atoms with van der Waals surface area (Å²) in [5, 5.41) is 11.1. The number of hydrogen-bond donors (Lipinski definition) is 0. The van der Waals surface area contributed by atoms with E-state index in [-0.39, 0.29) is 12.1 Å². The fraction of sp³-hybridized carbons (Fsp3) is 0.533. The highest BCUT2D eigenvalue weighted by Gasteiger charge is 2.52. The molecular formula is C15H20BNO6. The molecule has 7 nitrogen and oxygen atoms in total. The van der Waals surface area contributed by atoms with Crippen LogP contribution in [0.5, 0.6) is 0 Å². The fourth-order valence-corrected chi connectivity index (χ4v) is 2.26. The molecule has 23 heavy (non-hydrogen) atoms. The van der Waals surface area contributed by atoms with Gasteiger partial charge in [0.1, 0.15) is 0 Å². The molecule has 1 aromatic rings. The van der Waals surface area contributed by atoms with Gasteiger partial charge in [-0.3, -0.25) is 14.9 Å². The highest BCUT2D eigenvalue weighted by atomic mass is 16.7. The molecule has 0 atom stereocenters. The van der Waals surface area contributed by atoms with Crippen LogP contribution in [0.4, 0.5) is 5.69 Å². The lowest BCUT2D eigenvalue weighted by atomic mass is 9.78. The van der Waals surface area contributed by atoms with E-state index in [1.165, 1.54) is 19.2 Å². The van der Waals surface area contributed by atoms with Gasteiger partial charge in [0.15, 0.2) is 0 Å². The summed E-state index contributed by atoms with van der Waals surface area (Å²) in [6, 6.07) is 4.43. The summed E-state index contributed by atoms with van der Waals surface area (Å²) in [7, 11) is 0.547. The average Bonchev–Trinajstić information content (AvgIpc) is 2.67. The Morgan fingerprint density at radius 3 is 2.26 bits per heavy atom. The lowest BCUT2D eigenvalue weighted by Crippen LogP contribution is -2.41. The van der Waals surface area contributed by atoms with E-state index in [0.29, 0.717) is 11.0 Å². The standard InChI is InChI=1S/C15H20BNO6/c1-14(2)15(3,4)23-16(22-14)11-6-10(8-13(18)21-5)7-12(9-11)17(19)20/h6-7,9H,8H2,1-5H3. The zero-order valence-electron chi connectivity index (χ0n) is 13.9. The van der Waals surface area contributed by atoms with Crippen molar-refractivity contribution in [1.82, 2.24) is 0 Å². The molecule has 1 fully saturated rings. The van der Waals surface area contributed by atoms with E-state index in [0.717, 1.165) is 0 Å². The highest BCUT2D eigenvalue weighted by Crippen LogP contribution is 2.36. The van der Waals surface area contributed by atoms with Gasteiger partial charge in [0.2, 0.25) is 0 Å². The lowest BCUT2D eigenvalue weighted by Gasteiger charge is -2.32. The van der Waals surface area contributed by atoms with Crippen LogP contribution in [-0.2, 0) is 25.3 Å². The highest BCUT2D eigenvalue weighted by molar-refractivity contribution is 6.62. The Bertz CT molecular complexity index is 627. The molecule has 1 aromatic carbocycles. The SMILES string of the molecule is COC(=O)Cc1cc(B2OC(C)(C)C(C)(C)O2)cc([N+](=O)[O-])c1. The summed E-state index contributed by atoms with van der Waals surface area (Å²) in [6.07, 6.45) is -0.0509. The van der Waals surface area contributed by atoms with Crippen molar-refractivity contribution in [2.75, 3.05) is 7.11 Å². The number of nitro benzene ring substituents is 1. The molecule has 0 aromatic heterocycles. The van der Waals surface area contributed by atoms with Crippen LogP contribution < -0.4 is 5.46 Å². The van der Waals surface area contributed by atoms with E-state index < -0.39 is 29.2 Å². The largest absolute Gasteiger partial charge is 0.495 e. The minimum Gasteiger partial charge on any atom is -0.469 e. The first kappa shape index (κ1) is 17.4. The van der Waals surface area contributed by atoms with E-state index >= 15 is 0 Å². The Morgan fingerprint density at radius 1 is 1.22 bits per heavy atom. The number of nitrogens with zero attached hydrogens (tertiary/aromatic N) is 1. The van der Waals surface area contributed by atoms with Crippen molar-refractivity contribution < 1.29 is 23.8 Å². The zero-order chi connectivity index (χ0) is 17.4. The molecule has 0 aliphatic carbocycles. The van der Waals surface area contributed by atoms with E-state index in [1.54, 1.807) is 6.07 Å². The predicted molar refractivity (Wildman–Crippen MR) is 84.5 cm³/mol. The molecule has 0 amide bonds. The van der Waals surface area contributed by atoms with Crippen molar-refractivity contribution in [3.8, 4) is 0 Å². The molecule has 0 saturated carbocycles. The van der Waals surface area contributed by atoms with Gasteiger partial charge in [-0.05, 0) is 38.7 Å². The number of benzene rings is 1. The molecule has 2 rings (SSSR count). The van der Waals surface area contributed by atoms with Crippen molar-refractivity contribution in [2.45, 2.75) is 45.3 Å². The van der Waals surface area contributed by atoms with Crippen molar-refractivity contribution >= 4 is 24.2 Å². The second-order valence-electron chi connectivity index (χ2n) is 6.53. The molecule has 8 heteroatoms. The van der Waals surface area contributed by atoms with Gasteiger partial charge in [-0.2, -0.15) is 0 Å². The fourth-order valence-electron chi connectivity index (χ4n) is 2.26. The van der Waals surface area contributed by atoms with Crippen LogP contribution in [0, 0.1) is 10.1 Å². The molecule has 0 unspecified atom stereocenters. The van der Waals surface area contributed by atoms with Crippen LogP contribution >= 0.6 is 0 Å². The lowest BCUT2D eigenvalue weighted by molar-refractivity contribution is -0.384. The Balaban J connectivity index is 2.39. The molecule has 0 N–H and O–H groups in total. The van der Waals surface area contributed by atoms with E-state index in [9.17, 15) is 14.9 Å². The third-order valence-electron chi connectivity index (χ3n) is 4.31. The summed E-state index contributed by atoms with van der Waals surface area (Å²) in [6.45, 7) is 7.61. The first-order chi connectivity index (χ1) is 10.6. The minimum atomic E-state index is -0.726. The summed E-state index contributed by atoms with van der Waals surface area (Å²) in [5.74, 6) is -0.467. The Hall–Kier alpha value is -1.93. The number of non-ortho nitro benzene ring substituents is 1. The molecule has 0 radical (unpaired) electrons. The van der Waals surface area contributed by atoms with Crippen molar-refractivity contribution in [3.63, 3.8) is 0 Å². The van der Waals surface area contributed by atoms with Crippen LogP contribution in [-0.4, -0.2) is 36.3 Å². The number of nitro groups is 1. The molecule has 1 aliphatic heterocycles. The number of esters is 1. The smallest absolute Gasteiger partial charge is 0.469 e. The molecule has 1 heterocycles. The van der Waals surface area contributed by atoms with Gasteiger partial charge in [0.05, 0.1) is 29.7 Å². The van der Waals surface area contributed by atoms with Crippen LogP contribution in [0.15, 0.2) is 18.2 Å². The quantitative estimate of drug-likeness (QED) is 0.362. The topological polar surface area (TPSA) is 87.9 Å². The first-order valence-corrected chi connectivity index (χ1v) is 7.26. The second kappa shape index (κ2) is 5.94. The van der Waals surface area contributed by atoms with Gasteiger partial charge in [0, 0.05) is 12.1 Å². The van der Waals surface area contributed by atoms with Crippen LogP contribution in [0.3, 0.4) is 0 Å². The number of carbonyl (C=O) groups excluding carboxylic acids is 1. The number of ether oxygens (including phenoxy) is 1. The summed E-state index contributed by atoms with van der Waals surface area (Å²) in [5.41, 5.74) is -0.223. The van der Waals surface area contributed by atoms with Gasteiger partial charge in [-0.1, -0.05) is 6.07 Å². The van der Waals surface area contributed by atoms with Crippen LogP contribution in [0.25, 0.3) is 0 Å².